The summed E-state index contributed by atoms with van der Waals surface area (Å²) in [4.78, 5) is 52.1. The second-order valence-corrected chi connectivity index (χ2v) is 12.2. The Morgan fingerprint density at radius 3 is 2.66 bits per heavy atom. The summed E-state index contributed by atoms with van der Waals surface area (Å²) < 4.78 is 5.78. The van der Waals surface area contributed by atoms with Crippen molar-refractivity contribution >= 4 is 17.7 Å². The van der Waals surface area contributed by atoms with E-state index in [1.165, 1.54) is 0 Å². The Bertz CT molecular complexity index is 995. The van der Waals surface area contributed by atoms with Gasteiger partial charge >= 0.3 is 5.97 Å². The zero-order chi connectivity index (χ0) is 28.1. The van der Waals surface area contributed by atoms with Gasteiger partial charge in [0.25, 0.3) is 0 Å². The van der Waals surface area contributed by atoms with Gasteiger partial charge in [0, 0.05) is 56.2 Å². The Labute approximate surface area is 227 Å². The van der Waals surface area contributed by atoms with Crippen molar-refractivity contribution in [1.29, 1.82) is 0 Å². The topological polar surface area (TPSA) is 113 Å². The fourth-order valence-electron chi connectivity index (χ4n) is 6.13. The summed E-state index contributed by atoms with van der Waals surface area (Å²) in [6.07, 6.45) is 6.65. The summed E-state index contributed by atoms with van der Waals surface area (Å²) in [6, 6.07) is -0.167. The quantitative estimate of drug-likeness (QED) is 0.456. The average Bonchev–Trinajstić information content (AvgIpc) is 2.86. The number of esters is 1. The summed E-state index contributed by atoms with van der Waals surface area (Å²) in [6.45, 7) is 13.7. The van der Waals surface area contributed by atoms with E-state index < -0.39 is 22.9 Å². The van der Waals surface area contributed by atoms with Gasteiger partial charge in [0.2, 0.25) is 5.91 Å². The number of rotatable bonds is 5. The Balaban J connectivity index is 1.78. The van der Waals surface area contributed by atoms with Crippen LogP contribution in [0, 0.1) is 17.3 Å². The van der Waals surface area contributed by atoms with E-state index in [1.807, 2.05) is 4.90 Å². The maximum Gasteiger partial charge on any atom is 0.319 e. The molecule has 0 spiro atoms. The molecule has 1 amide bonds. The molecule has 3 heterocycles. The number of Topliss-reactive ketones (excluding diaryl/α,β-unsaturated/α-hetero) is 1. The molecule has 1 unspecified atom stereocenters. The SMILES string of the molecule is CCCN1C[C@H](C)C[C@@](C)(O)CC(C)C(=O)C(C)(C)C(=O)OC[C@H]1CCC(=O)N1CCc2ncncc2C1. The number of hydrogen-bond acceptors (Lipinski definition) is 8. The summed E-state index contributed by atoms with van der Waals surface area (Å²) >= 11 is 0. The molecule has 1 aromatic rings. The van der Waals surface area contributed by atoms with Gasteiger partial charge in [0.1, 0.15) is 18.3 Å². The third-order valence-corrected chi connectivity index (χ3v) is 7.99. The molecule has 2 aliphatic heterocycles. The molecule has 9 nitrogen and oxygen atoms in total. The van der Waals surface area contributed by atoms with E-state index in [0.29, 0.717) is 51.7 Å². The van der Waals surface area contributed by atoms with Crippen LogP contribution in [-0.2, 0) is 32.1 Å². The summed E-state index contributed by atoms with van der Waals surface area (Å²) in [5, 5.41) is 11.1. The largest absolute Gasteiger partial charge is 0.463 e. The summed E-state index contributed by atoms with van der Waals surface area (Å²) in [5.74, 6) is -1.03. The van der Waals surface area contributed by atoms with E-state index in [9.17, 15) is 19.5 Å². The minimum absolute atomic E-state index is 0.0607. The van der Waals surface area contributed by atoms with Crippen LogP contribution in [0.3, 0.4) is 0 Å². The maximum atomic E-state index is 13.2. The third kappa shape index (κ3) is 7.59. The fraction of sp³-hybridized carbons (Fsp3) is 0.759. The van der Waals surface area contributed by atoms with Gasteiger partial charge in [-0.3, -0.25) is 19.3 Å². The molecule has 0 radical (unpaired) electrons. The fourth-order valence-corrected chi connectivity index (χ4v) is 6.13. The van der Waals surface area contributed by atoms with E-state index >= 15 is 0 Å². The first-order valence-electron chi connectivity index (χ1n) is 14.1. The van der Waals surface area contributed by atoms with Gasteiger partial charge < -0.3 is 14.7 Å². The molecule has 2 aliphatic rings. The molecule has 0 bridgehead atoms. The van der Waals surface area contributed by atoms with Crippen molar-refractivity contribution < 1.29 is 24.2 Å². The number of carbonyl (C=O) groups is 3. The number of cyclic esters (lactones) is 1. The van der Waals surface area contributed by atoms with E-state index in [0.717, 1.165) is 24.2 Å². The molecule has 1 aromatic heterocycles. The zero-order valence-electron chi connectivity index (χ0n) is 24.0. The highest BCUT2D eigenvalue weighted by molar-refractivity contribution is 6.03. The highest BCUT2D eigenvalue weighted by atomic mass is 16.5. The second kappa shape index (κ2) is 12.6. The number of ketones is 1. The van der Waals surface area contributed by atoms with E-state index in [1.54, 1.807) is 40.2 Å². The van der Waals surface area contributed by atoms with Crippen LogP contribution in [0.4, 0.5) is 0 Å². The molecule has 3 rings (SSSR count). The average molecular weight is 531 g/mol. The molecule has 1 saturated heterocycles. The molecule has 1 N–H and O–H groups in total. The zero-order valence-corrected chi connectivity index (χ0v) is 24.0. The van der Waals surface area contributed by atoms with Crippen LogP contribution in [0.1, 0.15) is 84.9 Å². The molecule has 38 heavy (non-hydrogen) atoms. The number of nitrogens with zero attached hydrogens (tertiary/aromatic N) is 4. The minimum atomic E-state index is -1.31. The lowest BCUT2D eigenvalue weighted by Crippen LogP contribution is -2.45. The molecule has 9 heteroatoms. The minimum Gasteiger partial charge on any atom is -0.463 e. The summed E-state index contributed by atoms with van der Waals surface area (Å²) in [7, 11) is 0. The Hall–Kier alpha value is -2.39. The lowest BCUT2D eigenvalue weighted by atomic mass is 9.76. The second-order valence-electron chi connectivity index (χ2n) is 12.2. The number of carbonyl (C=O) groups excluding carboxylic acids is 3. The van der Waals surface area contributed by atoms with Crippen LogP contribution >= 0.6 is 0 Å². The maximum absolute atomic E-state index is 13.2. The monoisotopic (exact) mass is 530 g/mol. The Morgan fingerprint density at radius 2 is 1.95 bits per heavy atom. The molecule has 212 valence electrons. The van der Waals surface area contributed by atoms with Crippen LogP contribution in [-0.4, -0.2) is 80.4 Å². The number of aromatic nitrogens is 2. The highest BCUT2D eigenvalue weighted by Gasteiger charge is 2.43. The van der Waals surface area contributed by atoms with Gasteiger partial charge in [-0.1, -0.05) is 20.8 Å². The number of hydrogen-bond donors (Lipinski definition) is 1. The van der Waals surface area contributed by atoms with Crippen LogP contribution in [0.15, 0.2) is 12.5 Å². The van der Waals surface area contributed by atoms with Gasteiger partial charge in [-0.2, -0.15) is 0 Å². The van der Waals surface area contributed by atoms with Crippen LogP contribution in [0.25, 0.3) is 0 Å². The first-order valence-corrected chi connectivity index (χ1v) is 14.1. The molecular formula is C29H46N4O5. The lowest BCUT2D eigenvalue weighted by molar-refractivity contribution is -0.161. The lowest BCUT2D eigenvalue weighted by Gasteiger charge is -2.36. The Kier molecular flexibility index (Phi) is 10.0. The van der Waals surface area contributed by atoms with Gasteiger partial charge in [-0.25, -0.2) is 9.97 Å². The Morgan fingerprint density at radius 1 is 1.21 bits per heavy atom. The molecule has 1 fully saturated rings. The first kappa shape index (κ1) is 30.2. The van der Waals surface area contributed by atoms with E-state index in [-0.39, 0.29) is 30.3 Å². The number of aliphatic hydroxyl groups is 1. The highest BCUT2D eigenvalue weighted by Crippen LogP contribution is 2.32. The first-order chi connectivity index (χ1) is 17.8. The molecule has 0 aliphatic carbocycles. The van der Waals surface area contributed by atoms with Crippen LogP contribution in [0.5, 0.6) is 0 Å². The molecule has 0 aromatic carbocycles. The van der Waals surface area contributed by atoms with Gasteiger partial charge in [-0.05, 0) is 58.9 Å². The standard InChI is InChI=1S/C29H46N4O5/c1-7-11-32-16-20(2)13-29(6,37)14-21(3)26(35)28(4,5)27(36)38-18-23(32)8-9-25(34)33-12-10-24-22(17-33)15-30-19-31-24/h15,19-21,23,37H,7-14,16-18H2,1-6H3/t20-,21?,23-,29-/m1/s1. The van der Waals surface area contributed by atoms with Crippen LogP contribution in [0.2, 0.25) is 0 Å². The summed E-state index contributed by atoms with van der Waals surface area (Å²) in [5.41, 5.74) is -0.358. The number of amides is 1. The van der Waals surface area contributed by atoms with Gasteiger partial charge in [0.05, 0.1) is 11.3 Å². The van der Waals surface area contributed by atoms with Crippen molar-refractivity contribution in [1.82, 2.24) is 19.8 Å². The third-order valence-electron chi connectivity index (χ3n) is 7.99. The van der Waals surface area contributed by atoms with Crippen molar-refractivity contribution in [3.63, 3.8) is 0 Å². The normalized spacial score (nSPS) is 29.4. The van der Waals surface area contributed by atoms with Crippen molar-refractivity contribution in [2.75, 3.05) is 26.2 Å². The van der Waals surface area contributed by atoms with E-state index in [4.69, 9.17) is 4.74 Å². The van der Waals surface area contributed by atoms with Crippen molar-refractivity contribution in [3.8, 4) is 0 Å². The van der Waals surface area contributed by atoms with E-state index in [2.05, 4.69) is 28.7 Å². The van der Waals surface area contributed by atoms with Crippen molar-refractivity contribution in [2.45, 2.75) is 98.3 Å². The molecule has 4 atom stereocenters. The molecule has 0 saturated carbocycles. The predicted molar refractivity (Wildman–Crippen MR) is 144 cm³/mol. The number of ether oxygens (including phenoxy) is 1. The molecular weight excluding hydrogens is 484 g/mol. The van der Waals surface area contributed by atoms with Gasteiger partial charge in [0.15, 0.2) is 5.78 Å². The van der Waals surface area contributed by atoms with Crippen molar-refractivity contribution in [3.05, 3.63) is 23.8 Å². The predicted octanol–water partition coefficient (Wildman–Crippen LogP) is 3.18. The van der Waals surface area contributed by atoms with Crippen LogP contribution < -0.4 is 0 Å². The van der Waals surface area contributed by atoms with Crippen molar-refractivity contribution in [2.24, 2.45) is 17.3 Å². The number of fused-ring (bicyclic) bond motifs is 1. The smallest absolute Gasteiger partial charge is 0.319 e. The van der Waals surface area contributed by atoms with Gasteiger partial charge in [-0.15, -0.1) is 0 Å².